The molecule has 1 heteroatoms. The summed E-state index contributed by atoms with van der Waals surface area (Å²) in [5.41, 5.74) is 1.50. The van der Waals surface area contributed by atoms with Crippen molar-refractivity contribution in [3.05, 3.63) is 42.0 Å². The fourth-order valence-corrected chi connectivity index (χ4v) is 4.27. The van der Waals surface area contributed by atoms with Crippen LogP contribution in [0.1, 0.15) is 76.7 Å². The van der Waals surface area contributed by atoms with Crippen LogP contribution in [0.25, 0.3) is 10.8 Å². The molecule has 0 amide bonds. The van der Waals surface area contributed by atoms with Crippen LogP contribution in [0.5, 0.6) is 5.75 Å². The van der Waals surface area contributed by atoms with Crippen molar-refractivity contribution in [3.63, 3.8) is 0 Å². The van der Waals surface area contributed by atoms with Gasteiger partial charge in [0.25, 0.3) is 0 Å². The molecule has 0 bridgehead atoms. The summed E-state index contributed by atoms with van der Waals surface area (Å²) in [5, 5.41) is 2.77. The lowest BCUT2D eigenvalue weighted by atomic mass is 9.76. The highest BCUT2D eigenvalue weighted by Gasteiger charge is 2.31. The quantitative estimate of drug-likeness (QED) is 0.471. The minimum Gasteiger partial charge on any atom is -0.493 e. The van der Waals surface area contributed by atoms with Crippen LogP contribution in [-0.4, -0.2) is 6.61 Å². The van der Waals surface area contributed by atoms with Gasteiger partial charge in [-0.25, -0.2) is 0 Å². The Morgan fingerprint density at radius 2 is 1.62 bits per heavy atom. The Morgan fingerprint density at radius 1 is 0.875 bits per heavy atom. The normalized spacial score (nSPS) is 19.9. The molecule has 0 N–H and O–H groups in total. The smallest absolute Gasteiger partial charge is 0.123 e. The first-order valence-electron chi connectivity index (χ1n) is 9.99. The van der Waals surface area contributed by atoms with E-state index in [0.717, 1.165) is 12.4 Å². The van der Waals surface area contributed by atoms with Gasteiger partial charge in [-0.3, -0.25) is 0 Å². The van der Waals surface area contributed by atoms with Crippen LogP contribution < -0.4 is 4.74 Å². The second-order valence-electron chi connectivity index (χ2n) is 7.37. The predicted octanol–water partition coefficient (Wildman–Crippen LogP) is 7.09. The molecule has 0 radical (unpaired) electrons. The molecule has 1 aliphatic rings. The van der Waals surface area contributed by atoms with Crippen LogP contribution >= 0.6 is 0 Å². The zero-order chi connectivity index (χ0) is 16.8. The summed E-state index contributed by atoms with van der Waals surface area (Å²) in [4.78, 5) is 0. The van der Waals surface area contributed by atoms with Crippen LogP contribution in [0.2, 0.25) is 0 Å². The highest BCUT2D eigenvalue weighted by atomic mass is 16.5. The summed E-state index contributed by atoms with van der Waals surface area (Å²) in [7, 11) is 0. The topological polar surface area (TPSA) is 9.23 Å². The molecule has 130 valence electrons. The first-order valence-corrected chi connectivity index (χ1v) is 9.99. The number of hydrogen-bond acceptors (Lipinski definition) is 1. The Bertz CT molecular complexity index is 646. The van der Waals surface area contributed by atoms with Crippen molar-refractivity contribution in [2.75, 3.05) is 6.61 Å². The van der Waals surface area contributed by atoms with E-state index in [9.17, 15) is 0 Å². The van der Waals surface area contributed by atoms with Crippen molar-refractivity contribution in [2.45, 2.75) is 71.1 Å². The lowest BCUT2D eigenvalue weighted by Gasteiger charge is -2.35. The van der Waals surface area contributed by atoms with Gasteiger partial charge in [0, 0.05) is 11.5 Å². The van der Waals surface area contributed by atoms with Gasteiger partial charge < -0.3 is 4.74 Å². The van der Waals surface area contributed by atoms with E-state index in [1.165, 1.54) is 67.7 Å². The number of ether oxygens (including phenoxy) is 1. The molecule has 0 aliphatic carbocycles. The van der Waals surface area contributed by atoms with Gasteiger partial charge >= 0.3 is 0 Å². The summed E-state index contributed by atoms with van der Waals surface area (Å²) < 4.78 is 6.21. The highest BCUT2D eigenvalue weighted by molar-refractivity contribution is 5.88. The lowest BCUT2D eigenvalue weighted by molar-refractivity contribution is 0.176. The number of fused-ring (bicyclic) bond motifs is 3. The van der Waals surface area contributed by atoms with Crippen LogP contribution in [0, 0.1) is 5.92 Å². The molecule has 1 heterocycles. The van der Waals surface area contributed by atoms with Crippen LogP contribution in [0.15, 0.2) is 36.4 Å². The fraction of sp³-hybridized carbons (Fsp3) is 0.565. The van der Waals surface area contributed by atoms with E-state index in [-0.39, 0.29) is 0 Å². The van der Waals surface area contributed by atoms with E-state index in [1.807, 2.05) is 0 Å². The minimum atomic E-state index is 0.670. The third-order valence-corrected chi connectivity index (χ3v) is 5.62. The van der Waals surface area contributed by atoms with Crippen molar-refractivity contribution < 1.29 is 4.74 Å². The number of rotatable bonds is 8. The minimum absolute atomic E-state index is 0.670. The van der Waals surface area contributed by atoms with Gasteiger partial charge in [0.2, 0.25) is 0 Å². The van der Waals surface area contributed by atoms with Crippen LogP contribution in [0.3, 0.4) is 0 Å². The van der Waals surface area contributed by atoms with E-state index in [1.54, 1.807) is 0 Å². The summed E-state index contributed by atoms with van der Waals surface area (Å²) in [5.74, 6) is 2.50. The van der Waals surface area contributed by atoms with Gasteiger partial charge in [-0.15, -0.1) is 0 Å². The fourth-order valence-electron chi connectivity index (χ4n) is 4.27. The summed E-state index contributed by atoms with van der Waals surface area (Å²) in [6, 6.07) is 13.3. The number of unbranched alkanes of at least 4 members (excludes halogenated alkanes) is 4. The monoisotopic (exact) mass is 324 g/mol. The third kappa shape index (κ3) is 3.77. The summed E-state index contributed by atoms with van der Waals surface area (Å²) in [6.07, 6.45) is 10.6. The predicted molar refractivity (Wildman–Crippen MR) is 104 cm³/mol. The number of benzene rings is 2. The molecule has 2 aromatic carbocycles. The molecule has 1 nitrogen and oxygen atoms in total. The molecule has 0 spiro atoms. The third-order valence-electron chi connectivity index (χ3n) is 5.62. The van der Waals surface area contributed by atoms with Crippen molar-refractivity contribution in [1.82, 2.24) is 0 Å². The molecular formula is C23H32O. The Kier molecular flexibility index (Phi) is 6.18. The Morgan fingerprint density at radius 3 is 2.42 bits per heavy atom. The number of hydrogen-bond donors (Lipinski definition) is 0. The molecule has 1 aliphatic heterocycles. The molecule has 3 rings (SSSR count). The molecule has 24 heavy (non-hydrogen) atoms. The van der Waals surface area contributed by atoms with E-state index in [0.29, 0.717) is 11.8 Å². The average Bonchev–Trinajstić information content (AvgIpc) is 2.63. The molecule has 0 saturated carbocycles. The van der Waals surface area contributed by atoms with Crippen molar-refractivity contribution in [3.8, 4) is 5.75 Å². The Balaban J connectivity index is 1.92. The van der Waals surface area contributed by atoms with E-state index >= 15 is 0 Å². The van der Waals surface area contributed by atoms with E-state index in [2.05, 4.69) is 50.2 Å². The van der Waals surface area contributed by atoms with Gasteiger partial charge in [-0.2, -0.15) is 0 Å². The van der Waals surface area contributed by atoms with Crippen molar-refractivity contribution in [1.29, 1.82) is 0 Å². The Labute approximate surface area is 147 Å². The van der Waals surface area contributed by atoms with Crippen molar-refractivity contribution >= 4 is 10.8 Å². The SMILES string of the molecule is CCCCCC1COc2ccc3ccccc3c2C1CCCCC. The van der Waals surface area contributed by atoms with Crippen molar-refractivity contribution in [2.24, 2.45) is 5.92 Å². The maximum atomic E-state index is 6.21. The van der Waals surface area contributed by atoms with E-state index < -0.39 is 0 Å². The molecular weight excluding hydrogens is 292 g/mol. The van der Waals surface area contributed by atoms with E-state index in [4.69, 9.17) is 4.74 Å². The molecule has 0 fully saturated rings. The summed E-state index contributed by atoms with van der Waals surface area (Å²) >= 11 is 0. The second kappa shape index (κ2) is 8.55. The largest absolute Gasteiger partial charge is 0.493 e. The van der Waals surface area contributed by atoms with Gasteiger partial charge in [-0.1, -0.05) is 82.7 Å². The Hall–Kier alpha value is -1.50. The molecule has 2 atom stereocenters. The molecule has 0 aromatic heterocycles. The van der Waals surface area contributed by atoms with Crippen LogP contribution in [0.4, 0.5) is 0 Å². The first kappa shape index (κ1) is 17.3. The standard InChI is InChI=1S/C23H32O/c1-3-5-7-12-19-17-24-22-16-15-18-11-9-10-14-20(18)23(22)21(19)13-8-6-4-2/h9-11,14-16,19,21H,3-8,12-13,17H2,1-2H3. The highest BCUT2D eigenvalue weighted by Crippen LogP contribution is 2.45. The second-order valence-corrected chi connectivity index (χ2v) is 7.37. The van der Waals surface area contributed by atoms with Gasteiger partial charge in [-0.05, 0) is 35.6 Å². The average molecular weight is 325 g/mol. The van der Waals surface area contributed by atoms with Gasteiger partial charge in [0.05, 0.1) is 6.61 Å². The van der Waals surface area contributed by atoms with Gasteiger partial charge in [0.1, 0.15) is 5.75 Å². The first-order chi connectivity index (χ1) is 11.8. The van der Waals surface area contributed by atoms with Gasteiger partial charge in [0.15, 0.2) is 0 Å². The zero-order valence-electron chi connectivity index (χ0n) is 15.4. The maximum Gasteiger partial charge on any atom is 0.123 e. The summed E-state index contributed by atoms with van der Waals surface area (Å²) in [6.45, 7) is 5.50. The lowest BCUT2D eigenvalue weighted by Crippen LogP contribution is -2.26. The maximum absolute atomic E-state index is 6.21. The zero-order valence-corrected chi connectivity index (χ0v) is 15.4. The molecule has 0 saturated heterocycles. The molecule has 2 aromatic rings. The van der Waals surface area contributed by atoms with Crippen LogP contribution in [-0.2, 0) is 0 Å². The molecule has 2 unspecified atom stereocenters.